The number of carbonyl (C=O) groups is 1. The number of benzene rings is 1. The SMILES string of the molecule is COC(OC)C(C)NC(=O)Nc1ccc2oc(C(C)(C)C)nc2c1. The largest absolute Gasteiger partial charge is 0.440 e. The highest BCUT2D eigenvalue weighted by Crippen LogP contribution is 2.27. The van der Waals surface area contributed by atoms with Crippen LogP contribution in [0.5, 0.6) is 0 Å². The van der Waals surface area contributed by atoms with Gasteiger partial charge in [-0.3, -0.25) is 0 Å². The lowest BCUT2D eigenvalue weighted by Crippen LogP contribution is -2.44. The fraction of sp³-hybridized carbons (Fsp3) is 0.529. The summed E-state index contributed by atoms with van der Waals surface area (Å²) >= 11 is 0. The van der Waals surface area contributed by atoms with Crippen LogP contribution in [0.4, 0.5) is 10.5 Å². The molecule has 0 bridgehead atoms. The van der Waals surface area contributed by atoms with Crippen molar-refractivity contribution >= 4 is 22.8 Å². The number of fused-ring (bicyclic) bond motifs is 1. The molecule has 7 heteroatoms. The molecule has 0 saturated heterocycles. The van der Waals surface area contributed by atoms with E-state index >= 15 is 0 Å². The number of methoxy groups -OCH3 is 2. The zero-order valence-corrected chi connectivity index (χ0v) is 15.0. The standard InChI is InChI=1S/C17H25N3O4/c1-10(14(22-5)23-6)18-16(21)19-11-7-8-13-12(9-11)20-15(24-13)17(2,3)4/h7-10,14H,1-6H3,(H2,18,19,21). The highest BCUT2D eigenvalue weighted by molar-refractivity contribution is 5.91. The smallest absolute Gasteiger partial charge is 0.319 e. The van der Waals surface area contributed by atoms with Crippen LogP contribution in [0.15, 0.2) is 22.6 Å². The summed E-state index contributed by atoms with van der Waals surface area (Å²) in [5.41, 5.74) is 1.86. The fourth-order valence-electron chi connectivity index (χ4n) is 2.27. The van der Waals surface area contributed by atoms with Crippen molar-refractivity contribution in [2.45, 2.75) is 45.4 Å². The Morgan fingerprint density at radius 3 is 2.50 bits per heavy atom. The lowest BCUT2D eigenvalue weighted by molar-refractivity contribution is -0.117. The Bertz CT molecular complexity index is 701. The molecule has 0 spiro atoms. The molecule has 0 fully saturated rings. The first kappa shape index (κ1) is 18.2. The van der Waals surface area contributed by atoms with E-state index < -0.39 is 6.29 Å². The Kier molecular flexibility index (Phi) is 5.46. The summed E-state index contributed by atoms with van der Waals surface area (Å²) in [5.74, 6) is 0.663. The monoisotopic (exact) mass is 335 g/mol. The Hall–Kier alpha value is -2.12. The van der Waals surface area contributed by atoms with Gasteiger partial charge in [-0.05, 0) is 25.1 Å². The van der Waals surface area contributed by atoms with E-state index in [0.29, 0.717) is 22.7 Å². The van der Waals surface area contributed by atoms with Gasteiger partial charge in [0.05, 0.1) is 6.04 Å². The summed E-state index contributed by atoms with van der Waals surface area (Å²) in [6.07, 6.45) is -0.511. The molecule has 0 radical (unpaired) electrons. The molecule has 2 N–H and O–H groups in total. The summed E-state index contributed by atoms with van der Waals surface area (Å²) in [7, 11) is 3.05. The Morgan fingerprint density at radius 2 is 1.92 bits per heavy atom. The van der Waals surface area contributed by atoms with Crippen molar-refractivity contribution in [3.05, 3.63) is 24.1 Å². The maximum atomic E-state index is 12.1. The highest BCUT2D eigenvalue weighted by Gasteiger charge is 2.21. The molecule has 2 aromatic rings. The van der Waals surface area contributed by atoms with E-state index in [1.54, 1.807) is 25.1 Å². The number of rotatable bonds is 5. The van der Waals surface area contributed by atoms with Crippen LogP contribution >= 0.6 is 0 Å². The van der Waals surface area contributed by atoms with Gasteiger partial charge >= 0.3 is 6.03 Å². The second-order valence-electron chi connectivity index (χ2n) is 6.68. The van der Waals surface area contributed by atoms with Crippen LogP contribution in [0.3, 0.4) is 0 Å². The van der Waals surface area contributed by atoms with Gasteiger partial charge in [-0.25, -0.2) is 9.78 Å². The van der Waals surface area contributed by atoms with Crippen LogP contribution in [-0.2, 0) is 14.9 Å². The molecule has 1 heterocycles. The van der Waals surface area contributed by atoms with Crippen molar-refractivity contribution < 1.29 is 18.7 Å². The number of anilines is 1. The third kappa shape index (κ3) is 4.24. The molecular formula is C17H25N3O4. The first-order valence-corrected chi connectivity index (χ1v) is 7.78. The molecule has 24 heavy (non-hydrogen) atoms. The summed E-state index contributed by atoms with van der Waals surface area (Å²) in [5, 5.41) is 5.54. The third-order valence-corrected chi connectivity index (χ3v) is 3.52. The Morgan fingerprint density at radius 1 is 1.25 bits per heavy atom. The van der Waals surface area contributed by atoms with E-state index in [2.05, 4.69) is 15.6 Å². The zero-order chi connectivity index (χ0) is 17.9. The predicted molar refractivity (Wildman–Crippen MR) is 92.1 cm³/mol. The van der Waals surface area contributed by atoms with Crippen molar-refractivity contribution in [2.75, 3.05) is 19.5 Å². The zero-order valence-electron chi connectivity index (χ0n) is 15.0. The number of urea groups is 1. The number of ether oxygens (including phenoxy) is 2. The van der Waals surface area contributed by atoms with Crippen molar-refractivity contribution in [1.29, 1.82) is 0 Å². The highest BCUT2D eigenvalue weighted by atomic mass is 16.7. The topological polar surface area (TPSA) is 85.6 Å². The summed E-state index contributed by atoms with van der Waals surface area (Å²) in [6.45, 7) is 7.91. The second-order valence-corrected chi connectivity index (χ2v) is 6.68. The van der Waals surface area contributed by atoms with Gasteiger partial charge in [-0.1, -0.05) is 20.8 Å². The Labute approximate surface area is 141 Å². The third-order valence-electron chi connectivity index (χ3n) is 3.52. The molecule has 1 aromatic carbocycles. The summed E-state index contributed by atoms with van der Waals surface area (Å²) in [4.78, 5) is 16.6. The molecule has 0 aliphatic rings. The molecule has 2 rings (SSSR count). The van der Waals surface area contributed by atoms with Crippen molar-refractivity contribution in [2.24, 2.45) is 0 Å². The average molecular weight is 335 g/mol. The van der Waals surface area contributed by atoms with Crippen LogP contribution in [0, 0.1) is 0 Å². The van der Waals surface area contributed by atoms with Crippen LogP contribution in [-0.4, -0.2) is 37.6 Å². The molecule has 1 unspecified atom stereocenters. The van der Waals surface area contributed by atoms with Crippen LogP contribution < -0.4 is 10.6 Å². The number of carbonyl (C=O) groups excluding carboxylic acids is 1. The minimum absolute atomic E-state index is 0.172. The van der Waals surface area contributed by atoms with Gasteiger partial charge < -0.3 is 24.5 Å². The fourth-order valence-corrected chi connectivity index (χ4v) is 2.27. The van der Waals surface area contributed by atoms with E-state index in [-0.39, 0.29) is 17.5 Å². The van der Waals surface area contributed by atoms with E-state index in [1.165, 1.54) is 14.2 Å². The second kappa shape index (κ2) is 7.19. The lowest BCUT2D eigenvalue weighted by atomic mass is 9.97. The number of nitrogens with one attached hydrogen (secondary N) is 2. The lowest BCUT2D eigenvalue weighted by Gasteiger charge is -2.22. The molecule has 0 saturated carbocycles. The minimum Gasteiger partial charge on any atom is -0.440 e. The molecule has 0 aliphatic carbocycles. The number of oxazole rings is 1. The molecule has 1 atom stereocenters. The van der Waals surface area contributed by atoms with Gasteiger partial charge in [0, 0.05) is 25.3 Å². The molecule has 132 valence electrons. The van der Waals surface area contributed by atoms with Crippen molar-refractivity contribution in [3.63, 3.8) is 0 Å². The van der Waals surface area contributed by atoms with Gasteiger partial charge in [0.1, 0.15) is 5.52 Å². The van der Waals surface area contributed by atoms with E-state index in [4.69, 9.17) is 13.9 Å². The van der Waals surface area contributed by atoms with Gasteiger partial charge in [0.15, 0.2) is 11.9 Å². The number of hydrogen-bond acceptors (Lipinski definition) is 5. The number of nitrogens with zero attached hydrogens (tertiary/aromatic N) is 1. The first-order valence-electron chi connectivity index (χ1n) is 7.78. The number of amides is 2. The van der Waals surface area contributed by atoms with E-state index in [0.717, 1.165) is 0 Å². The summed E-state index contributed by atoms with van der Waals surface area (Å²) in [6, 6.07) is 4.70. The van der Waals surface area contributed by atoms with Gasteiger partial charge in [-0.15, -0.1) is 0 Å². The maximum Gasteiger partial charge on any atom is 0.319 e. The Balaban J connectivity index is 2.08. The molecule has 1 aromatic heterocycles. The van der Waals surface area contributed by atoms with Gasteiger partial charge in [0.2, 0.25) is 5.89 Å². The van der Waals surface area contributed by atoms with Crippen molar-refractivity contribution in [3.8, 4) is 0 Å². The van der Waals surface area contributed by atoms with Gasteiger partial charge in [0.25, 0.3) is 0 Å². The minimum atomic E-state index is -0.511. The van der Waals surface area contributed by atoms with E-state index in [1.807, 2.05) is 20.8 Å². The average Bonchev–Trinajstić information content (AvgIpc) is 2.91. The molecule has 7 nitrogen and oxygen atoms in total. The normalized spacial score (nSPS) is 13.3. The quantitative estimate of drug-likeness (QED) is 0.819. The molecule has 0 aliphatic heterocycles. The van der Waals surface area contributed by atoms with Crippen LogP contribution in [0.1, 0.15) is 33.6 Å². The van der Waals surface area contributed by atoms with Crippen LogP contribution in [0.2, 0.25) is 0 Å². The van der Waals surface area contributed by atoms with Crippen LogP contribution in [0.25, 0.3) is 11.1 Å². The van der Waals surface area contributed by atoms with E-state index in [9.17, 15) is 4.79 Å². The first-order chi connectivity index (χ1) is 11.2. The molecular weight excluding hydrogens is 310 g/mol. The maximum absolute atomic E-state index is 12.1. The molecule has 2 amide bonds. The number of hydrogen-bond donors (Lipinski definition) is 2. The number of aromatic nitrogens is 1. The van der Waals surface area contributed by atoms with Gasteiger partial charge in [-0.2, -0.15) is 0 Å². The van der Waals surface area contributed by atoms with Crippen molar-refractivity contribution in [1.82, 2.24) is 10.3 Å². The predicted octanol–water partition coefficient (Wildman–Crippen LogP) is 3.25. The summed E-state index contributed by atoms with van der Waals surface area (Å²) < 4.78 is 16.0.